The van der Waals surface area contributed by atoms with E-state index in [4.69, 9.17) is 9.47 Å². The lowest BCUT2D eigenvalue weighted by molar-refractivity contribution is -0.123. The van der Waals surface area contributed by atoms with Crippen LogP contribution >= 0.6 is 0 Å². The molecule has 5 nitrogen and oxygen atoms in total. The number of fused-ring (bicyclic) bond motifs is 1. The summed E-state index contributed by atoms with van der Waals surface area (Å²) in [5.41, 5.74) is 2.17. The van der Waals surface area contributed by atoms with Crippen molar-refractivity contribution in [3.8, 4) is 11.5 Å². The molecule has 1 aliphatic heterocycles. The molecule has 1 aromatic carbocycles. The number of carbonyl (C=O) groups is 1. The van der Waals surface area contributed by atoms with Crippen LogP contribution < -0.4 is 20.1 Å². The van der Waals surface area contributed by atoms with Crippen molar-refractivity contribution >= 4 is 5.91 Å². The van der Waals surface area contributed by atoms with Gasteiger partial charge in [0.1, 0.15) is 0 Å². The van der Waals surface area contributed by atoms with Crippen LogP contribution in [0.3, 0.4) is 0 Å². The van der Waals surface area contributed by atoms with Gasteiger partial charge in [0.25, 0.3) is 0 Å². The fraction of sp³-hybridized carbons (Fsp3) is 0.562. The van der Waals surface area contributed by atoms with Crippen LogP contribution in [0.5, 0.6) is 11.5 Å². The molecule has 0 aliphatic carbocycles. The van der Waals surface area contributed by atoms with Gasteiger partial charge in [-0.05, 0) is 43.1 Å². The summed E-state index contributed by atoms with van der Waals surface area (Å²) >= 11 is 0. The van der Waals surface area contributed by atoms with E-state index in [1.165, 1.54) is 0 Å². The molecule has 2 N–H and O–H groups in total. The normalized spacial score (nSPS) is 19.2. The van der Waals surface area contributed by atoms with Crippen molar-refractivity contribution in [3.05, 3.63) is 23.3 Å². The zero-order valence-electron chi connectivity index (χ0n) is 13.2. The predicted octanol–water partition coefficient (Wildman–Crippen LogP) is 1.46. The topological polar surface area (TPSA) is 59.6 Å². The number of hydrogen-bond donors (Lipinski definition) is 2. The summed E-state index contributed by atoms with van der Waals surface area (Å²) in [6, 6.07) is 4.04. The molecule has 0 saturated heterocycles. The molecule has 2 rings (SSSR count). The molecule has 116 valence electrons. The van der Waals surface area contributed by atoms with Gasteiger partial charge < -0.3 is 20.1 Å². The largest absolute Gasteiger partial charge is 0.493 e. The second-order valence-electron chi connectivity index (χ2n) is 5.23. The van der Waals surface area contributed by atoms with E-state index in [-0.39, 0.29) is 17.9 Å². The van der Waals surface area contributed by atoms with Crippen LogP contribution in [0.1, 0.15) is 30.4 Å². The first-order valence-electron chi connectivity index (χ1n) is 7.36. The molecule has 0 saturated carbocycles. The Balaban J connectivity index is 2.56. The summed E-state index contributed by atoms with van der Waals surface area (Å²) in [6.07, 6.45) is 1.68. The van der Waals surface area contributed by atoms with Crippen LogP contribution in [-0.2, 0) is 11.2 Å². The Hall–Kier alpha value is -1.75. The zero-order valence-corrected chi connectivity index (χ0v) is 13.2. The molecular formula is C16H24N2O3. The van der Waals surface area contributed by atoms with E-state index < -0.39 is 0 Å². The molecular weight excluding hydrogens is 268 g/mol. The second kappa shape index (κ2) is 6.80. The number of amides is 1. The van der Waals surface area contributed by atoms with Gasteiger partial charge in [-0.2, -0.15) is 0 Å². The minimum absolute atomic E-state index is 0.0715. The fourth-order valence-electron chi connectivity index (χ4n) is 3.02. The lowest BCUT2D eigenvalue weighted by atomic mass is 9.86. The van der Waals surface area contributed by atoms with Gasteiger partial charge in [0.2, 0.25) is 5.91 Å². The first kappa shape index (κ1) is 15.6. The minimum atomic E-state index is -0.211. The predicted molar refractivity (Wildman–Crippen MR) is 82.1 cm³/mol. The molecule has 21 heavy (non-hydrogen) atoms. The maximum atomic E-state index is 12.5. The third-order valence-corrected chi connectivity index (χ3v) is 4.17. The first-order chi connectivity index (χ1) is 10.2. The molecule has 2 unspecified atom stereocenters. The monoisotopic (exact) mass is 292 g/mol. The van der Waals surface area contributed by atoms with Gasteiger partial charge in [0.05, 0.1) is 20.1 Å². The average molecular weight is 292 g/mol. The molecule has 1 amide bonds. The van der Waals surface area contributed by atoms with Crippen LogP contribution in [0, 0.1) is 0 Å². The molecule has 1 aromatic rings. The number of carbonyl (C=O) groups excluding carboxylic acids is 1. The average Bonchev–Trinajstić information content (AvgIpc) is 2.66. The van der Waals surface area contributed by atoms with Crippen LogP contribution in [0.15, 0.2) is 12.1 Å². The number of hydrogen-bond acceptors (Lipinski definition) is 4. The van der Waals surface area contributed by atoms with E-state index in [0.717, 1.165) is 24.0 Å². The molecule has 0 fully saturated rings. The lowest BCUT2D eigenvalue weighted by Crippen LogP contribution is -2.40. The van der Waals surface area contributed by atoms with Crippen molar-refractivity contribution in [2.75, 3.05) is 27.8 Å². The van der Waals surface area contributed by atoms with Crippen LogP contribution in [0.2, 0.25) is 0 Å². The number of benzene rings is 1. The van der Waals surface area contributed by atoms with E-state index in [1.807, 2.05) is 19.2 Å². The van der Waals surface area contributed by atoms with Gasteiger partial charge in [0, 0.05) is 12.6 Å². The maximum absolute atomic E-state index is 12.5. The Bertz CT molecular complexity index is 512. The highest BCUT2D eigenvalue weighted by molar-refractivity contribution is 5.86. The highest BCUT2D eigenvalue weighted by Gasteiger charge is 2.32. The molecule has 5 heteroatoms. The van der Waals surface area contributed by atoms with Gasteiger partial charge in [0.15, 0.2) is 11.5 Å². The molecule has 0 aromatic heterocycles. The Labute approximate surface area is 126 Å². The van der Waals surface area contributed by atoms with E-state index in [9.17, 15) is 4.79 Å². The smallest absolute Gasteiger partial charge is 0.229 e. The standard InChI is InChI=1S/C16H24N2O3/c1-5-12(17-2)15-11-9-14(21-4)13(20-3)8-10(11)6-7-18-16(15)19/h8-9,12,15,17H,5-7H2,1-4H3,(H,18,19). The lowest BCUT2D eigenvalue weighted by Gasteiger charge is -2.26. The Morgan fingerprint density at radius 2 is 2.00 bits per heavy atom. The second-order valence-corrected chi connectivity index (χ2v) is 5.23. The molecule has 0 radical (unpaired) electrons. The van der Waals surface area contributed by atoms with Crippen LogP contribution in [0.25, 0.3) is 0 Å². The summed E-state index contributed by atoms with van der Waals surface area (Å²) in [7, 11) is 5.14. The third kappa shape index (κ3) is 2.97. The van der Waals surface area contributed by atoms with Crippen molar-refractivity contribution in [2.45, 2.75) is 31.7 Å². The van der Waals surface area contributed by atoms with Crippen molar-refractivity contribution in [3.63, 3.8) is 0 Å². The number of ether oxygens (including phenoxy) is 2. The summed E-state index contributed by atoms with van der Waals surface area (Å²) in [4.78, 5) is 12.5. The SMILES string of the molecule is CCC(NC)C1C(=O)NCCc2cc(OC)c(OC)cc21. The molecule has 1 heterocycles. The number of methoxy groups -OCH3 is 2. The van der Waals surface area contributed by atoms with Gasteiger partial charge in [-0.1, -0.05) is 6.92 Å². The molecule has 0 spiro atoms. The van der Waals surface area contributed by atoms with Gasteiger partial charge >= 0.3 is 0 Å². The summed E-state index contributed by atoms with van der Waals surface area (Å²) in [6.45, 7) is 2.73. The highest BCUT2D eigenvalue weighted by Crippen LogP contribution is 2.36. The Morgan fingerprint density at radius 1 is 1.33 bits per heavy atom. The zero-order chi connectivity index (χ0) is 15.4. The van der Waals surface area contributed by atoms with E-state index in [1.54, 1.807) is 14.2 Å². The van der Waals surface area contributed by atoms with Crippen molar-refractivity contribution in [1.29, 1.82) is 0 Å². The van der Waals surface area contributed by atoms with Crippen molar-refractivity contribution in [2.24, 2.45) is 0 Å². The quantitative estimate of drug-likeness (QED) is 0.862. The first-order valence-corrected chi connectivity index (χ1v) is 7.36. The van der Waals surface area contributed by atoms with Crippen molar-refractivity contribution in [1.82, 2.24) is 10.6 Å². The Kier molecular flexibility index (Phi) is 5.07. The summed E-state index contributed by atoms with van der Waals surface area (Å²) < 4.78 is 10.8. The molecule has 2 atom stereocenters. The number of nitrogens with one attached hydrogen (secondary N) is 2. The third-order valence-electron chi connectivity index (χ3n) is 4.17. The van der Waals surface area contributed by atoms with Crippen LogP contribution in [0.4, 0.5) is 0 Å². The fourth-order valence-corrected chi connectivity index (χ4v) is 3.02. The summed E-state index contributed by atoms with van der Waals surface area (Å²) in [5.74, 6) is 1.24. The van der Waals surface area contributed by atoms with E-state index >= 15 is 0 Å². The highest BCUT2D eigenvalue weighted by atomic mass is 16.5. The Morgan fingerprint density at radius 3 is 2.57 bits per heavy atom. The van der Waals surface area contributed by atoms with Gasteiger partial charge in [-0.25, -0.2) is 0 Å². The molecule has 1 aliphatic rings. The van der Waals surface area contributed by atoms with Crippen LogP contribution in [-0.4, -0.2) is 39.8 Å². The van der Waals surface area contributed by atoms with Gasteiger partial charge in [-0.15, -0.1) is 0 Å². The van der Waals surface area contributed by atoms with Crippen molar-refractivity contribution < 1.29 is 14.3 Å². The van der Waals surface area contributed by atoms with Gasteiger partial charge in [-0.3, -0.25) is 4.79 Å². The summed E-state index contributed by atoms with van der Waals surface area (Å²) in [5, 5.41) is 6.26. The minimum Gasteiger partial charge on any atom is -0.493 e. The van der Waals surface area contributed by atoms with E-state index in [2.05, 4.69) is 17.6 Å². The molecule has 0 bridgehead atoms. The number of likely N-dealkylation sites (N-methyl/N-ethyl adjacent to an activating group) is 1. The maximum Gasteiger partial charge on any atom is 0.229 e. The number of rotatable bonds is 5. The van der Waals surface area contributed by atoms with E-state index in [0.29, 0.717) is 18.0 Å².